The highest BCUT2D eigenvalue weighted by Gasteiger charge is 2.20. The molecule has 0 radical (unpaired) electrons. The van der Waals surface area contributed by atoms with Crippen LogP contribution in [0.5, 0.6) is 0 Å². The molecule has 1 aromatic heterocycles. The molecule has 1 aliphatic heterocycles. The van der Waals surface area contributed by atoms with Crippen molar-refractivity contribution in [1.29, 1.82) is 0 Å². The van der Waals surface area contributed by atoms with Gasteiger partial charge in [0.05, 0.1) is 8.68 Å². The largest absolute Gasteiger partial charge is 0.314 e. The van der Waals surface area contributed by atoms with Crippen molar-refractivity contribution in [2.24, 2.45) is 0 Å². The van der Waals surface area contributed by atoms with Gasteiger partial charge in [0.15, 0.2) is 0 Å². The number of hydrogen-bond acceptors (Lipinski definition) is 4. The smallest absolute Gasteiger partial charge is 0.241 e. The predicted molar refractivity (Wildman–Crippen MR) is 84.8 cm³/mol. The Balaban J connectivity index is 0.00000180. The molecule has 1 aliphatic rings. The molecule has 0 amide bonds. The molecule has 0 bridgehead atoms. The molecule has 1 fully saturated rings. The second-order valence-electron chi connectivity index (χ2n) is 4.45. The Hall–Kier alpha value is 0.340. The van der Waals surface area contributed by atoms with E-state index in [1.54, 1.807) is 6.07 Å². The SMILES string of the molecule is Cc1sc(Br)cc1S(=O)(=O)NCC[C@H]1CCCN1.Cl. The first-order valence-electron chi connectivity index (χ1n) is 5.98. The molecule has 2 rings (SSSR count). The molecule has 19 heavy (non-hydrogen) atoms. The van der Waals surface area contributed by atoms with Crippen molar-refractivity contribution in [3.8, 4) is 0 Å². The topological polar surface area (TPSA) is 58.2 Å². The van der Waals surface area contributed by atoms with Gasteiger partial charge in [0, 0.05) is 17.5 Å². The van der Waals surface area contributed by atoms with Crippen molar-refractivity contribution in [1.82, 2.24) is 10.0 Å². The van der Waals surface area contributed by atoms with E-state index in [2.05, 4.69) is 26.0 Å². The van der Waals surface area contributed by atoms with Gasteiger partial charge >= 0.3 is 0 Å². The Morgan fingerprint density at radius 1 is 1.58 bits per heavy atom. The summed E-state index contributed by atoms with van der Waals surface area (Å²) in [6.07, 6.45) is 3.18. The second kappa shape index (κ2) is 7.38. The lowest BCUT2D eigenvalue weighted by molar-refractivity contribution is 0.539. The highest BCUT2D eigenvalue weighted by atomic mass is 79.9. The molecule has 0 saturated carbocycles. The van der Waals surface area contributed by atoms with E-state index in [-0.39, 0.29) is 12.4 Å². The van der Waals surface area contributed by atoms with Crippen LogP contribution in [0, 0.1) is 6.92 Å². The molecular weight excluding hydrogens is 372 g/mol. The summed E-state index contributed by atoms with van der Waals surface area (Å²) >= 11 is 4.75. The Kier molecular flexibility index (Phi) is 6.75. The number of thiophene rings is 1. The lowest BCUT2D eigenvalue weighted by Crippen LogP contribution is -2.30. The fourth-order valence-electron chi connectivity index (χ4n) is 2.15. The quantitative estimate of drug-likeness (QED) is 0.814. The lowest BCUT2D eigenvalue weighted by Gasteiger charge is -2.11. The van der Waals surface area contributed by atoms with Gasteiger partial charge in [-0.2, -0.15) is 0 Å². The third-order valence-corrected chi connectivity index (χ3v) is 6.35. The second-order valence-corrected chi connectivity index (χ2v) is 8.82. The first-order chi connectivity index (χ1) is 8.49. The summed E-state index contributed by atoms with van der Waals surface area (Å²) in [6, 6.07) is 2.12. The minimum atomic E-state index is -3.36. The molecule has 2 N–H and O–H groups in total. The molecule has 8 heteroatoms. The van der Waals surface area contributed by atoms with Crippen LogP contribution < -0.4 is 10.0 Å². The van der Waals surface area contributed by atoms with E-state index in [1.165, 1.54) is 17.8 Å². The fourth-order valence-corrected chi connectivity index (χ4v) is 5.61. The van der Waals surface area contributed by atoms with E-state index >= 15 is 0 Å². The maximum absolute atomic E-state index is 12.1. The minimum Gasteiger partial charge on any atom is -0.314 e. The molecule has 0 unspecified atom stereocenters. The van der Waals surface area contributed by atoms with Crippen LogP contribution in [0.3, 0.4) is 0 Å². The van der Waals surface area contributed by atoms with Crippen molar-refractivity contribution >= 4 is 49.7 Å². The van der Waals surface area contributed by atoms with E-state index in [0.29, 0.717) is 17.5 Å². The van der Waals surface area contributed by atoms with Crippen LogP contribution in [0.2, 0.25) is 0 Å². The van der Waals surface area contributed by atoms with Crippen LogP contribution in [0.15, 0.2) is 14.7 Å². The molecule has 1 saturated heterocycles. The number of nitrogens with one attached hydrogen (secondary N) is 2. The number of hydrogen-bond donors (Lipinski definition) is 2. The van der Waals surface area contributed by atoms with Gasteiger partial charge in [0.1, 0.15) is 0 Å². The Labute approximate surface area is 133 Å². The van der Waals surface area contributed by atoms with Crippen molar-refractivity contribution in [3.05, 3.63) is 14.7 Å². The summed E-state index contributed by atoms with van der Waals surface area (Å²) in [6.45, 7) is 3.36. The van der Waals surface area contributed by atoms with Crippen molar-refractivity contribution in [2.75, 3.05) is 13.1 Å². The zero-order chi connectivity index (χ0) is 13.2. The number of aryl methyl sites for hydroxylation is 1. The van der Waals surface area contributed by atoms with Crippen molar-refractivity contribution in [2.45, 2.75) is 37.1 Å². The maximum atomic E-state index is 12.1. The highest BCUT2D eigenvalue weighted by molar-refractivity contribution is 9.11. The van der Waals surface area contributed by atoms with Crippen molar-refractivity contribution in [3.63, 3.8) is 0 Å². The van der Waals surface area contributed by atoms with Gasteiger partial charge in [-0.3, -0.25) is 0 Å². The van der Waals surface area contributed by atoms with E-state index in [9.17, 15) is 8.42 Å². The van der Waals surface area contributed by atoms with Crippen LogP contribution in [-0.2, 0) is 10.0 Å². The van der Waals surface area contributed by atoms with E-state index < -0.39 is 10.0 Å². The molecule has 1 atom stereocenters. The third-order valence-electron chi connectivity index (χ3n) is 3.08. The highest BCUT2D eigenvalue weighted by Crippen LogP contribution is 2.29. The summed E-state index contributed by atoms with van der Waals surface area (Å²) in [7, 11) is -3.36. The zero-order valence-electron chi connectivity index (χ0n) is 10.6. The molecule has 0 spiro atoms. The summed E-state index contributed by atoms with van der Waals surface area (Å²) in [5, 5.41) is 3.36. The number of rotatable bonds is 5. The van der Waals surface area contributed by atoms with Crippen molar-refractivity contribution < 1.29 is 8.42 Å². The summed E-state index contributed by atoms with van der Waals surface area (Å²) < 4.78 is 27.7. The van der Waals surface area contributed by atoms with Crippen LogP contribution in [0.1, 0.15) is 24.1 Å². The molecule has 110 valence electrons. The number of sulfonamides is 1. The lowest BCUT2D eigenvalue weighted by atomic mass is 10.2. The first kappa shape index (κ1) is 17.4. The molecule has 1 aromatic rings. The summed E-state index contributed by atoms with van der Waals surface area (Å²) in [4.78, 5) is 1.20. The van der Waals surface area contributed by atoms with Gasteiger partial charge in [0.25, 0.3) is 0 Å². The standard InChI is InChI=1S/C11H17BrN2O2S2.ClH/c1-8-10(7-11(12)17-8)18(15,16)14-6-4-9-3-2-5-13-9;/h7,9,13-14H,2-6H2,1H3;1H/t9-;/m1./s1. The fraction of sp³-hybridized carbons (Fsp3) is 0.636. The van der Waals surface area contributed by atoms with Gasteiger partial charge in [0.2, 0.25) is 10.0 Å². The average Bonchev–Trinajstić information content (AvgIpc) is 2.88. The molecule has 0 aliphatic carbocycles. The monoisotopic (exact) mass is 388 g/mol. The average molecular weight is 390 g/mol. The Morgan fingerprint density at radius 3 is 2.84 bits per heavy atom. The van der Waals surface area contributed by atoms with Gasteiger partial charge in [-0.1, -0.05) is 0 Å². The van der Waals surface area contributed by atoms with Crippen LogP contribution >= 0.6 is 39.7 Å². The van der Waals surface area contributed by atoms with E-state index in [4.69, 9.17) is 0 Å². The summed E-state index contributed by atoms with van der Waals surface area (Å²) in [5.41, 5.74) is 0. The molecule has 0 aromatic carbocycles. The molecule has 2 heterocycles. The Morgan fingerprint density at radius 2 is 2.32 bits per heavy atom. The minimum absolute atomic E-state index is 0. The molecule has 4 nitrogen and oxygen atoms in total. The van der Waals surface area contributed by atoms with E-state index in [1.807, 2.05) is 6.92 Å². The van der Waals surface area contributed by atoms with Crippen LogP contribution in [0.25, 0.3) is 0 Å². The zero-order valence-corrected chi connectivity index (χ0v) is 14.6. The summed E-state index contributed by atoms with van der Waals surface area (Å²) in [5.74, 6) is 0. The maximum Gasteiger partial charge on any atom is 0.241 e. The van der Waals surface area contributed by atoms with Gasteiger partial charge in [-0.25, -0.2) is 13.1 Å². The van der Waals surface area contributed by atoms with Gasteiger partial charge in [-0.15, -0.1) is 23.7 Å². The number of halogens is 2. The first-order valence-corrected chi connectivity index (χ1v) is 9.07. The van der Waals surface area contributed by atoms with E-state index in [0.717, 1.165) is 28.0 Å². The van der Waals surface area contributed by atoms with Gasteiger partial charge in [-0.05, 0) is 54.7 Å². The normalized spacial score (nSPS) is 19.4. The Bertz CT molecular complexity index is 513. The van der Waals surface area contributed by atoms with Crippen LogP contribution in [-0.4, -0.2) is 27.5 Å². The third kappa shape index (κ3) is 4.68. The molecular formula is C11H18BrClN2O2S2. The van der Waals surface area contributed by atoms with Gasteiger partial charge < -0.3 is 5.32 Å². The predicted octanol–water partition coefficient (Wildman–Crippen LogP) is 2.66. The van der Waals surface area contributed by atoms with Crippen LogP contribution in [0.4, 0.5) is 0 Å².